The van der Waals surface area contributed by atoms with E-state index in [-0.39, 0.29) is 17.6 Å². The molecule has 2 N–H and O–H groups in total. The molecule has 0 bridgehead atoms. The van der Waals surface area contributed by atoms with Crippen LogP contribution in [0.2, 0.25) is 0 Å². The second-order valence-electron chi connectivity index (χ2n) is 4.07. The summed E-state index contributed by atoms with van der Waals surface area (Å²) in [5.74, 6) is -0.502. The van der Waals surface area contributed by atoms with E-state index >= 15 is 0 Å². The zero-order chi connectivity index (χ0) is 13.6. The van der Waals surface area contributed by atoms with Crippen LogP contribution >= 0.6 is 15.9 Å². The summed E-state index contributed by atoms with van der Waals surface area (Å²) in [6, 6.07) is 8.30. The van der Waals surface area contributed by atoms with Gasteiger partial charge in [-0.1, -0.05) is 12.1 Å². The molecule has 0 aliphatic carbocycles. The zero-order valence-corrected chi connectivity index (χ0v) is 11.2. The maximum Gasteiger partial charge on any atom is 0.267 e. The van der Waals surface area contributed by atoms with Crippen molar-refractivity contribution in [2.75, 3.05) is 10.6 Å². The van der Waals surface area contributed by atoms with Gasteiger partial charge in [0.2, 0.25) is 0 Å². The number of fused-ring (bicyclic) bond motifs is 1. The Morgan fingerprint density at radius 2 is 1.68 bits per heavy atom. The molecule has 3 rings (SSSR count). The van der Waals surface area contributed by atoms with E-state index in [0.717, 1.165) is 4.90 Å². The molecule has 2 heterocycles. The van der Waals surface area contributed by atoms with Crippen molar-refractivity contribution in [1.29, 1.82) is 0 Å². The van der Waals surface area contributed by atoms with Crippen molar-refractivity contribution in [3.05, 3.63) is 52.1 Å². The summed E-state index contributed by atoms with van der Waals surface area (Å²) in [6.45, 7) is 0. The first-order valence-corrected chi connectivity index (χ1v) is 6.27. The molecule has 1 aliphatic rings. The molecule has 0 saturated heterocycles. The average molecular weight is 318 g/mol. The first kappa shape index (κ1) is 11.9. The second-order valence-corrected chi connectivity index (χ2v) is 4.92. The van der Waals surface area contributed by atoms with Gasteiger partial charge < -0.3 is 5.73 Å². The van der Waals surface area contributed by atoms with E-state index in [0.29, 0.717) is 21.3 Å². The molecule has 0 spiro atoms. The summed E-state index contributed by atoms with van der Waals surface area (Å²) in [6.07, 6.45) is 1.41. The lowest BCUT2D eigenvalue weighted by Gasteiger charge is -2.14. The maximum absolute atomic E-state index is 12.3. The van der Waals surface area contributed by atoms with Gasteiger partial charge in [0, 0.05) is 0 Å². The van der Waals surface area contributed by atoms with Crippen molar-refractivity contribution in [2.45, 2.75) is 0 Å². The molecule has 6 heteroatoms. The van der Waals surface area contributed by atoms with Gasteiger partial charge in [-0.3, -0.25) is 9.59 Å². The third-order valence-electron chi connectivity index (χ3n) is 2.85. The van der Waals surface area contributed by atoms with Crippen molar-refractivity contribution in [1.82, 2.24) is 4.98 Å². The van der Waals surface area contributed by atoms with Crippen molar-refractivity contribution < 1.29 is 9.59 Å². The lowest BCUT2D eigenvalue weighted by molar-refractivity contribution is 0.0925. The summed E-state index contributed by atoms with van der Waals surface area (Å²) in [5.41, 5.74) is 6.82. The van der Waals surface area contributed by atoms with Crippen LogP contribution < -0.4 is 10.6 Å². The summed E-state index contributed by atoms with van der Waals surface area (Å²) in [4.78, 5) is 29.6. The molecular formula is C13H8BrN3O2. The number of halogens is 1. The number of aromatic nitrogens is 1. The average Bonchev–Trinajstić information content (AvgIpc) is 2.64. The van der Waals surface area contributed by atoms with Gasteiger partial charge in [0.1, 0.15) is 0 Å². The molecule has 1 aromatic carbocycles. The Labute approximate surface area is 117 Å². The Morgan fingerprint density at radius 1 is 1.11 bits per heavy atom. The van der Waals surface area contributed by atoms with Gasteiger partial charge in [0.15, 0.2) is 5.82 Å². The third kappa shape index (κ3) is 1.72. The van der Waals surface area contributed by atoms with Gasteiger partial charge in [0.25, 0.3) is 11.8 Å². The van der Waals surface area contributed by atoms with E-state index < -0.39 is 0 Å². The number of rotatable bonds is 1. The zero-order valence-electron chi connectivity index (χ0n) is 9.63. The monoisotopic (exact) mass is 317 g/mol. The summed E-state index contributed by atoms with van der Waals surface area (Å²) in [5, 5.41) is 0. The predicted octanol–water partition coefficient (Wildman–Crippen LogP) is 2.23. The number of benzene rings is 1. The van der Waals surface area contributed by atoms with E-state index in [2.05, 4.69) is 20.9 Å². The van der Waals surface area contributed by atoms with Gasteiger partial charge in [-0.05, 0) is 34.1 Å². The maximum atomic E-state index is 12.3. The molecule has 1 aliphatic heterocycles. The molecule has 94 valence electrons. The minimum atomic E-state index is -0.376. The topological polar surface area (TPSA) is 76.3 Å². The molecule has 2 amide bonds. The van der Waals surface area contributed by atoms with E-state index in [1.54, 1.807) is 30.3 Å². The largest absolute Gasteiger partial charge is 0.397 e. The molecule has 19 heavy (non-hydrogen) atoms. The van der Waals surface area contributed by atoms with Crippen LogP contribution in [0.15, 0.2) is 41.0 Å². The first-order valence-electron chi connectivity index (χ1n) is 5.48. The quantitative estimate of drug-likeness (QED) is 0.818. The lowest BCUT2D eigenvalue weighted by atomic mass is 10.1. The van der Waals surface area contributed by atoms with Crippen LogP contribution in [0, 0.1) is 0 Å². The number of nitrogens with zero attached hydrogens (tertiary/aromatic N) is 2. The normalized spacial score (nSPS) is 13.8. The number of pyridine rings is 1. The fourth-order valence-electron chi connectivity index (χ4n) is 1.99. The number of amides is 2. The van der Waals surface area contributed by atoms with Crippen LogP contribution in [-0.2, 0) is 0 Å². The van der Waals surface area contributed by atoms with Crippen molar-refractivity contribution in [3.63, 3.8) is 0 Å². The Balaban J connectivity index is 2.14. The number of anilines is 2. The molecule has 0 radical (unpaired) electrons. The number of nitrogen functional groups attached to an aromatic ring is 1. The molecule has 0 atom stereocenters. The van der Waals surface area contributed by atoms with Gasteiger partial charge in [0.05, 0.1) is 27.5 Å². The highest BCUT2D eigenvalue weighted by atomic mass is 79.9. The number of carbonyl (C=O) groups excluding carboxylic acids is 2. The van der Waals surface area contributed by atoms with E-state index in [4.69, 9.17) is 5.73 Å². The smallest absolute Gasteiger partial charge is 0.267 e. The van der Waals surface area contributed by atoms with Gasteiger partial charge in [-0.2, -0.15) is 0 Å². The molecule has 0 saturated carbocycles. The van der Waals surface area contributed by atoms with E-state index in [9.17, 15) is 9.59 Å². The first-order chi connectivity index (χ1) is 9.09. The van der Waals surface area contributed by atoms with E-state index in [1.165, 1.54) is 6.20 Å². The molecule has 2 aromatic rings. The SMILES string of the molecule is Nc1cnc(N2C(=O)c3ccccc3C2=O)c(Br)c1. The minimum absolute atomic E-state index is 0.250. The van der Waals surface area contributed by atoms with Crippen LogP contribution in [0.4, 0.5) is 11.5 Å². The Kier molecular flexibility index (Phi) is 2.60. The second kappa shape index (κ2) is 4.17. The van der Waals surface area contributed by atoms with Crippen LogP contribution in [0.5, 0.6) is 0 Å². The standard InChI is InChI=1S/C13H8BrN3O2/c14-10-5-7(15)6-16-11(10)17-12(18)8-3-1-2-4-9(8)13(17)19/h1-6H,15H2. The Bertz CT molecular complexity index is 680. The summed E-state index contributed by atoms with van der Waals surface area (Å²) in [7, 11) is 0. The molecule has 1 aromatic heterocycles. The van der Waals surface area contributed by atoms with Crippen LogP contribution in [0.1, 0.15) is 20.7 Å². The number of imide groups is 1. The third-order valence-corrected chi connectivity index (χ3v) is 3.43. The van der Waals surface area contributed by atoms with Gasteiger partial charge >= 0.3 is 0 Å². The van der Waals surface area contributed by atoms with Crippen LogP contribution in [-0.4, -0.2) is 16.8 Å². The molecular weight excluding hydrogens is 310 g/mol. The van der Waals surface area contributed by atoms with Gasteiger partial charge in [-0.15, -0.1) is 0 Å². The van der Waals surface area contributed by atoms with Crippen molar-refractivity contribution in [2.24, 2.45) is 0 Å². The highest BCUT2D eigenvalue weighted by molar-refractivity contribution is 9.10. The van der Waals surface area contributed by atoms with Gasteiger partial charge in [-0.25, -0.2) is 9.88 Å². The fourth-order valence-corrected chi connectivity index (χ4v) is 2.54. The van der Waals surface area contributed by atoms with E-state index in [1.807, 2.05) is 0 Å². The molecule has 5 nitrogen and oxygen atoms in total. The lowest BCUT2D eigenvalue weighted by Crippen LogP contribution is -2.30. The Morgan fingerprint density at radius 3 is 2.21 bits per heavy atom. The highest BCUT2D eigenvalue weighted by Crippen LogP contribution is 2.32. The van der Waals surface area contributed by atoms with Crippen molar-refractivity contribution >= 4 is 39.2 Å². The summed E-state index contributed by atoms with van der Waals surface area (Å²) >= 11 is 3.27. The number of hydrogen-bond donors (Lipinski definition) is 1. The number of hydrogen-bond acceptors (Lipinski definition) is 4. The van der Waals surface area contributed by atoms with Crippen molar-refractivity contribution in [3.8, 4) is 0 Å². The Hall–Kier alpha value is -2.21. The predicted molar refractivity (Wildman–Crippen MR) is 73.9 cm³/mol. The molecule has 0 unspecified atom stereocenters. The van der Waals surface area contributed by atoms with Crippen LogP contribution in [0.25, 0.3) is 0 Å². The minimum Gasteiger partial charge on any atom is -0.397 e. The summed E-state index contributed by atoms with van der Waals surface area (Å²) < 4.78 is 0.502. The number of carbonyl (C=O) groups is 2. The molecule has 0 fully saturated rings. The number of nitrogens with two attached hydrogens (primary N) is 1. The van der Waals surface area contributed by atoms with Crippen LogP contribution in [0.3, 0.4) is 0 Å². The highest BCUT2D eigenvalue weighted by Gasteiger charge is 2.37. The fraction of sp³-hybridized carbons (Fsp3) is 0.